The van der Waals surface area contributed by atoms with Gasteiger partial charge in [-0.15, -0.1) is 0 Å². The Kier molecular flexibility index (Phi) is 13.1. The van der Waals surface area contributed by atoms with E-state index in [-0.39, 0.29) is 24.8 Å². The third-order valence-electron chi connectivity index (χ3n) is 10.4. The van der Waals surface area contributed by atoms with Crippen molar-refractivity contribution in [3.05, 3.63) is 190 Å². The smallest absolute Gasteiger partial charge is 1.00 e. The molecule has 240 valence electrons. The molecule has 0 fully saturated rings. The maximum Gasteiger partial charge on any atom is -1.00 e. The van der Waals surface area contributed by atoms with Gasteiger partial charge in [-0.1, -0.05) is 0 Å². The van der Waals surface area contributed by atoms with E-state index >= 15 is 0 Å². The van der Waals surface area contributed by atoms with Crippen LogP contribution < -0.4 is 24.8 Å². The molecule has 6 unspecified atom stereocenters. The monoisotopic (exact) mass is 1030 g/mol. The summed E-state index contributed by atoms with van der Waals surface area (Å²) in [5, 5.41) is 0. The second kappa shape index (κ2) is 16.9. The van der Waals surface area contributed by atoms with Crippen LogP contribution in [-0.2, 0) is 41.2 Å². The molecule has 8 rings (SSSR count). The van der Waals surface area contributed by atoms with Crippen molar-refractivity contribution in [3.63, 3.8) is 0 Å². The molecule has 0 nitrogen and oxygen atoms in total. The molecule has 0 heterocycles. The Labute approximate surface area is 317 Å². The zero-order valence-electron chi connectivity index (χ0n) is 27.6. The molecule has 0 bridgehead atoms. The zero-order chi connectivity index (χ0) is 31.6. The second-order valence-electron chi connectivity index (χ2n) is 12.9. The number of hydrogen-bond acceptors (Lipinski definition) is 0. The van der Waals surface area contributed by atoms with Crippen molar-refractivity contribution in [2.75, 3.05) is 0 Å². The van der Waals surface area contributed by atoms with Crippen LogP contribution in [0.25, 0.3) is 24.3 Å². The molecule has 0 amide bonds. The fourth-order valence-electron chi connectivity index (χ4n) is 7.95. The van der Waals surface area contributed by atoms with Crippen molar-refractivity contribution in [2.45, 2.75) is 27.8 Å². The van der Waals surface area contributed by atoms with Crippen LogP contribution >= 0.6 is 0 Å². The van der Waals surface area contributed by atoms with Gasteiger partial charge >= 0.3 is 296 Å². The van der Waals surface area contributed by atoms with E-state index in [4.69, 9.17) is 0 Å². The summed E-state index contributed by atoms with van der Waals surface area (Å²) in [6, 6.07) is 36.0. The van der Waals surface area contributed by atoms with E-state index in [0.717, 1.165) is 14.7 Å². The van der Waals surface area contributed by atoms with Gasteiger partial charge in [0.05, 0.1) is 0 Å². The number of benzene rings is 4. The Bertz CT molecular complexity index is 1640. The average Bonchev–Trinajstić information content (AvgIpc) is 3.92. The molecule has 0 aromatic heterocycles. The van der Waals surface area contributed by atoms with Crippen molar-refractivity contribution in [1.82, 2.24) is 0 Å². The van der Waals surface area contributed by atoms with E-state index < -0.39 is 53.2 Å². The van der Waals surface area contributed by atoms with Gasteiger partial charge in [0.25, 0.3) is 0 Å². The first kappa shape index (κ1) is 37.3. The molecule has 4 aromatic carbocycles. The van der Waals surface area contributed by atoms with Crippen molar-refractivity contribution < 1.29 is 66.0 Å². The first-order chi connectivity index (χ1) is 22.6. The van der Waals surface area contributed by atoms with Crippen LogP contribution in [0.15, 0.2) is 146 Å². The Morgan fingerprint density at radius 1 is 0.438 bits per heavy atom. The van der Waals surface area contributed by atoms with Crippen molar-refractivity contribution in [2.24, 2.45) is 0 Å². The second-order valence-corrected chi connectivity index (χ2v) is 63.7. The fraction of sp³-hybridized carbons (Fsp3) is 0.143. The molecular weight excluding hydrogens is 989 g/mol. The van der Waals surface area contributed by atoms with Gasteiger partial charge in [0.15, 0.2) is 0 Å². The van der Waals surface area contributed by atoms with Gasteiger partial charge in [0, 0.05) is 0 Å². The maximum atomic E-state index is 4.20. The van der Waals surface area contributed by atoms with Crippen molar-refractivity contribution in [1.29, 1.82) is 0 Å². The van der Waals surface area contributed by atoms with E-state index in [1.54, 1.807) is 22.3 Å². The quantitative estimate of drug-likeness (QED) is 0.230. The maximum absolute atomic E-state index is 4.20. The molecule has 0 aliphatic heterocycles. The fourth-order valence-corrected chi connectivity index (χ4v) is 66.9. The van der Waals surface area contributed by atoms with Gasteiger partial charge in [-0.25, -0.2) is 0 Å². The van der Waals surface area contributed by atoms with Gasteiger partial charge in [0.2, 0.25) is 0 Å². The van der Waals surface area contributed by atoms with Crippen LogP contribution in [0, 0.1) is 0 Å². The van der Waals surface area contributed by atoms with Crippen LogP contribution in [0.2, 0.25) is 13.1 Å². The van der Waals surface area contributed by atoms with Crippen LogP contribution in [-0.4, -0.2) is 12.0 Å². The Hall–Kier alpha value is -1.93. The van der Waals surface area contributed by atoms with Gasteiger partial charge in [-0.05, 0) is 0 Å². The molecule has 4 aliphatic carbocycles. The molecule has 0 N–H and O–H groups in total. The number of rotatable bonds is 8. The third kappa shape index (κ3) is 7.27. The SMILES string of the molecule is C=C[SiH](C)[Hf+]([CH]1C=Cc2ccccc21)[CH]1C=Cc2ccccc21.C=C[SiH](C)[Hf+]([CH]1C=Cc2ccccc21)[CH]1C=Cc2ccccc21.[Cl-].[Cl-]. The average molecular weight is 1030 g/mol. The molecule has 0 spiro atoms. The van der Waals surface area contributed by atoms with E-state index in [0.29, 0.717) is 0 Å². The minimum Gasteiger partial charge on any atom is -1.00 e. The van der Waals surface area contributed by atoms with Gasteiger partial charge in [-0.2, -0.15) is 0 Å². The van der Waals surface area contributed by atoms with Crippen LogP contribution in [0.1, 0.15) is 59.2 Å². The molecule has 6 atom stereocenters. The summed E-state index contributed by atoms with van der Waals surface area (Å²) in [6.45, 7) is 13.5. The van der Waals surface area contributed by atoms with Crippen molar-refractivity contribution >= 4 is 36.3 Å². The molecule has 0 radical (unpaired) electrons. The van der Waals surface area contributed by atoms with Gasteiger partial charge in [0.1, 0.15) is 0 Å². The zero-order valence-corrected chi connectivity index (χ0v) is 38.7. The molecule has 4 aromatic rings. The number of allylic oxidation sites excluding steroid dienone is 4. The summed E-state index contributed by atoms with van der Waals surface area (Å²) < 4.78 is 2.93. The molecule has 0 saturated carbocycles. The van der Waals surface area contributed by atoms with E-state index in [9.17, 15) is 0 Å². The van der Waals surface area contributed by atoms with E-state index in [2.05, 4.69) is 183 Å². The first-order valence-electron chi connectivity index (χ1n) is 16.7. The normalized spacial score (nSPS) is 20.9. The topological polar surface area (TPSA) is 0 Å². The summed E-state index contributed by atoms with van der Waals surface area (Å²) in [7, 11) is 0. The Morgan fingerprint density at radius 2 is 0.667 bits per heavy atom. The van der Waals surface area contributed by atoms with Crippen molar-refractivity contribution in [3.8, 4) is 0 Å². The summed E-state index contributed by atoms with van der Waals surface area (Å²) in [5.74, 6) is -1.69. The first-order valence-corrected chi connectivity index (χ1v) is 42.2. The summed E-state index contributed by atoms with van der Waals surface area (Å²) >= 11 is -3.94. The number of hydrogen-bond donors (Lipinski definition) is 0. The third-order valence-corrected chi connectivity index (χ3v) is 71.0. The predicted octanol–water partition coefficient (Wildman–Crippen LogP) is 4.45. The molecule has 0 saturated heterocycles. The van der Waals surface area contributed by atoms with Gasteiger partial charge in [-0.3, -0.25) is 0 Å². The molecule has 6 heteroatoms. The number of halogens is 2. The molecule has 4 aliphatic rings. The van der Waals surface area contributed by atoms with Crippen LogP contribution in [0.3, 0.4) is 0 Å². The number of fused-ring (bicyclic) bond motifs is 4. The van der Waals surface area contributed by atoms with E-state index in [1.807, 2.05) is 0 Å². The summed E-state index contributed by atoms with van der Waals surface area (Å²) in [6.07, 6.45) is 19.5. The standard InChI is InChI=1S/4C9H7.2C3H7Si.2ClH.2Hf/c4*1-2-5-9-7-3-6-8(9)4-1;2*1-3-4-2;;;;/h4*1-7H;2*3-4H,1H2,2H3;2*1H;;/q;;;;;;;;2*+1/p-2. The Balaban J connectivity index is 0.000000180. The van der Waals surface area contributed by atoms with Gasteiger partial charge < -0.3 is 24.8 Å². The predicted molar refractivity (Wildman–Crippen MR) is 199 cm³/mol. The summed E-state index contributed by atoms with van der Waals surface area (Å²) in [4.78, 5) is 0. The Morgan fingerprint density at radius 3 is 0.896 bits per heavy atom. The van der Waals surface area contributed by atoms with Crippen LogP contribution in [0.5, 0.6) is 0 Å². The molecular formula is C42H42Cl2Hf2Si2. The van der Waals surface area contributed by atoms with E-state index in [1.165, 1.54) is 22.3 Å². The summed E-state index contributed by atoms with van der Waals surface area (Å²) in [5.41, 5.74) is 16.9. The molecule has 48 heavy (non-hydrogen) atoms. The van der Waals surface area contributed by atoms with Crippen LogP contribution in [0.4, 0.5) is 0 Å². The minimum atomic E-state index is -1.97. The minimum absolute atomic E-state index is 0. The largest absolute Gasteiger partial charge is 1.00 e.